The Hall–Kier alpha value is -1.97. The Bertz CT molecular complexity index is 805. The van der Waals surface area contributed by atoms with Gasteiger partial charge in [-0.25, -0.2) is 0 Å². The number of hydrogen-bond donors (Lipinski definition) is 0. The summed E-state index contributed by atoms with van der Waals surface area (Å²) in [6.07, 6.45) is -11.7. The summed E-state index contributed by atoms with van der Waals surface area (Å²) in [5.74, 6) is -43.4. The van der Waals surface area contributed by atoms with E-state index >= 15 is 0 Å². The van der Waals surface area contributed by atoms with Gasteiger partial charge in [-0.3, -0.25) is 9.59 Å². The van der Waals surface area contributed by atoms with Gasteiger partial charge in [0.25, 0.3) is 0 Å². The third-order valence-corrected chi connectivity index (χ3v) is 5.94. The van der Waals surface area contributed by atoms with Crippen LogP contribution in [-0.4, -0.2) is 60.9 Å². The van der Waals surface area contributed by atoms with Crippen molar-refractivity contribution in [2.24, 2.45) is 17.3 Å². The van der Waals surface area contributed by atoms with Crippen molar-refractivity contribution in [2.75, 3.05) is 13.2 Å². The molecule has 0 bridgehead atoms. The third kappa shape index (κ3) is 4.82. The van der Waals surface area contributed by atoms with Crippen molar-refractivity contribution in [3.05, 3.63) is 0 Å². The molecule has 0 N–H and O–H groups in total. The molecular formula is C19H21F13O4. The predicted molar refractivity (Wildman–Crippen MR) is 93.0 cm³/mol. The van der Waals surface area contributed by atoms with E-state index < -0.39 is 84.2 Å². The second kappa shape index (κ2) is 9.72. The maximum Gasteiger partial charge on any atom is 0.460 e. The fourth-order valence-corrected chi connectivity index (χ4v) is 3.94. The topological polar surface area (TPSA) is 52.6 Å². The fraction of sp³-hybridized carbons (Fsp3) is 0.895. The minimum atomic E-state index is -7.99. The third-order valence-electron chi connectivity index (χ3n) is 5.94. The van der Waals surface area contributed by atoms with E-state index in [1.807, 2.05) is 0 Å². The number of carbonyl (C=O) groups excluding carboxylic acids is 2. The lowest BCUT2D eigenvalue weighted by Crippen LogP contribution is -2.70. The Morgan fingerprint density at radius 3 is 1.44 bits per heavy atom. The van der Waals surface area contributed by atoms with E-state index in [0.29, 0.717) is 0 Å². The number of halogens is 13. The van der Waals surface area contributed by atoms with Crippen LogP contribution in [0.2, 0.25) is 0 Å². The molecule has 1 saturated carbocycles. The maximum absolute atomic E-state index is 14.4. The molecule has 1 rings (SSSR count). The van der Waals surface area contributed by atoms with Crippen LogP contribution in [0, 0.1) is 17.3 Å². The van der Waals surface area contributed by atoms with Crippen LogP contribution in [0.5, 0.6) is 0 Å². The summed E-state index contributed by atoms with van der Waals surface area (Å²) in [4.78, 5) is 24.7. The van der Waals surface area contributed by atoms with Crippen LogP contribution >= 0.6 is 0 Å². The number of rotatable bonds is 10. The maximum atomic E-state index is 14.4. The SMILES string of the molecule is CCOC(=O)C1(C(=O)OCC)C[C@H](CC(F)(F)C(F)(F)C(F)(F)C(F)(F)C(F)(F)C(F)(F)F)[C@@H](C)C1. The Kier molecular flexibility index (Phi) is 8.66. The molecule has 0 amide bonds. The Balaban J connectivity index is 3.42. The number of carbonyl (C=O) groups is 2. The zero-order valence-electron chi connectivity index (χ0n) is 18.7. The van der Waals surface area contributed by atoms with E-state index in [2.05, 4.69) is 9.47 Å². The first-order valence-electron chi connectivity index (χ1n) is 10.2. The van der Waals surface area contributed by atoms with E-state index in [1.165, 1.54) is 13.8 Å². The molecule has 0 aromatic carbocycles. The highest BCUT2D eigenvalue weighted by atomic mass is 19.4. The second-order valence-electron chi connectivity index (χ2n) is 8.37. The molecule has 4 nitrogen and oxygen atoms in total. The van der Waals surface area contributed by atoms with Crippen LogP contribution in [0.1, 0.15) is 40.0 Å². The molecule has 0 aromatic rings. The van der Waals surface area contributed by atoms with Gasteiger partial charge in [0.1, 0.15) is 0 Å². The monoisotopic (exact) mass is 560 g/mol. The standard InChI is InChI=1S/C19H21F13O4/c1-4-35-11(33)13(12(34)36-5-2)6-9(3)10(7-13)8-14(20,21)15(22,23)16(24,25)17(26,27)18(28,29)19(30,31)32/h9-10H,4-8H2,1-3H3/t9-,10+/m0/s1. The fourth-order valence-electron chi connectivity index (χ4n) is 3.94. The first kappa shape index (κ1) is 32.1. The van der Waals surface area contributed by atoms with Gasteiger partial charge in [-0.05, 0) is 38.5 Å². The van der Waals surface area contributed by atoms with Gasteiger partial charge in [-0.1, -0.05) is 6.92 Å². The normalized spacial score (nSPS) is 21.9. The molecule has 0 radical (unpaired) electrons. The van der Waals surface area contributed by atoms with Crippen LogP contribution in [-0.2, 0) is 19.1 Å². The summed E-state index contributed by atoms with van der Waals surface area (Å²) < 4.78 is 183. The highest BCUT2D eigenvalue weighted by Crippen LogP contribution is 2.62. The van der Waals surface area contributed by atoms with Crippen molar-refractivity contribution >= 4 is 11.9 Å². The largest absolute Gasteiger partial charge is 0.465 e. The molecule has 1 fully saturated rings. The van der Waals surface area contributed by atoms with Crippen LogP contribution in [0.15, 0.2) is 0 Å². The minimum absolute atomic E-state index is 0.345. The van der Waals surface area contributed by atoms with Gasteiger partial charge >= 0.3 is 47.7 Å². The van der Waals surface area contributed by atoms with E-state index in [4.69, 9.17) is 0 Å². The van der Waals surface area contributed by atoms with Gasteiger partial charge in [0, 0.05) is 6.42 Å². The molecule has 0 unspecified atom stereocenters. The van der Waals surface area contributed by atoms with Crippen LogP contribution in [0.3, 0.4) is 0 Å². The van der Waals surface area contributed by atoms with Crippen molar-refractivity contribution in [2.45, 2.75) is 75.8 Å². The van der Waals surface area contributed by atoms with Gasteiger partial charge in [0.2, 0.25) is 0 Å². The highest BCUT2D eigenvalue weighted by Gasteiger charge is 2.90. The Morgan fingerprint density at radius 2 is 1.08 bits per heavy atom. The van der Waals surface area contributed by atoms with Crippen LogP contribution in [0.25, 0.3) is 0 Å². The number of esters is 2. The van der Waals surface area contributed by atoms with Crippen molar-refractivity contribution < 1.29 is 76.1 Å². The van der Waals surface area contributed by atoms with E-state index in [1.54, 1.807) is 0 Å². The van der Waals surface area contributed by atoms with E-state index in [9.17, 15) is 66.7 Å². The van der Waals surface area contributed by atoms with E-state index in [-0.39, 0.29) is 13.2 Å². The average Bonchev–Trinajstić information content (AvgIpc) is 3.03. The first-order chi connectivity index (χ1) is 15.9. The van der Waals surface area contributed by atoms with Gasteiger partial charge in [-0.15, -0.1) is 0 Å². The predicted octanol–water partition coefficient (Wildman–Crippen LogP) is 6.27. The zero-order chi connectivity index (χ0) is 28.8. The Labute approximate surface area is 195 Å². The lowest BCUT2D eigenvalue weighted by Gasteiger charge is -2.40. The van der Waals surface area contributed by atoms with Crippen LogP contribution < -0.4 is 0 Å². The first-order valence-corrected chi connectivity index (χ1v) is 10.2. The van der Waals surface area contributed by atoms with E-state index in [0.717, 1.165) is 6.92 Å². The molecule has 17 heteroatoms. The molecule has 2 atom stereocenters. The average molecular weight is 560 g/mol. The van der Waals surface area contributed by atoms with Crippen molar-refractivity contribution in [3.8, 4) is 0 Å². The van der Waals surface area contributed by atoms with Gasteiger partial charge in [0.15, 0.2) is 5.41 Å². The molecule has 212 valence electrons. The Morgan fingerprint density at radius 1 is 0.694 bits per heavy atom. The van der Waals surface area contributed by atoms with Crippen molar-refractivity contribution in [1.82, 2.24) is 0 Å². The minimum Gasteiger partial charge on any atom is -0.465 e. The number of ether oxygens (including phenoxy) is 2. The quantitative estimate of drug-likeness (QED) is 0.180. The summed E-state index contributed by atoms with van der Waals surface area (Å²) in [6.45, 7) is 2.87. The van der Waals surface area contributed by atoms with Crippen LogP contribution in [0.4, 0.5) is 57.1 Å². The summed E-state index contributed by atoms with van der Waals surface area (Å²) >= 11 is 0. The van der Waals surface area contributed by atoms with Gasteiger partial charge in [-0.2, -0.15) is 57.1 Å². The summed E-state index contributed by atoms with van der Waals surface area (Å²) in [6, 6.07) is 0. The van der Waals surface area contributed by atoms with Crippen molar-refractivity contribution in [3.63, 3.8) is 0 Å². The number of alkyl halides is 13. The van der Waals surface area contributed by atoms with Gasteiger partial charge in [0.05, 0.1) is 13.2 Å². The lowest BCUT2D eigenvalue weighted by atomic mass is 9.83. The smallest absolute Gasteiger partial charge is 0.460 e. The number of hydrogen-bond acceptors (Lipinski definition) is 4. The molecule has 0 spiro atoms. The van der Waals surface area contributed by atoms with Crippen molar-refractivity contribution in [1.29, 1.82) is 0 Å². The molecule has 0 saturated heterocycles. The summed E-state index contributed by atoms with van der Waals surface area (Å²) in [5.41, 5.74) is -2.36. The molecule has 36 heavy (non-hydrogen) atoms. The second-order valence-corrected chi connectivity index (χ2v) is 8.37. The molecule has 0 aliphatic heterocycles. The molecular weight excluding hydrogens is 539 g/mol. The molecule has 0 aromatic heterocycles. The highest BCUT2D eigenvalue weighted by molar-refractivity contribution is 6.00. The summed E-state index contributed by atoms with van der Waals surface area (Å²) in [5, 5.41) is 0. The van der Waals surface area contributed by atoms with Gasteiger partial charge < -0.3 is 9.47 Å². The lowest BCUT2D eigenvalue weighted by molar-refractivity contribution is -0.440. The molecule has 0 heterocycles. The molecule has 1 aliphatic rings. The zero-order valence-corrected chi connectivity index (χ0v) is 18.7. The molecule has 1 aliphatic carbocycles. The summed E-state index contributed by atoms with van der Waals surface area (Å²) in [7, 11) is 0.